The molecule has 0 bridgehead atoms. The quantitative estimate of drug-likeness (QED) is 0.288. The molecule has 0 aliphatic heterocycles. The summed E-state index contributed by atoms with van der Waals surface area (Å²) in [5, 5.41) is 16.4. The molecule has 7 heteroatoms. The Morgan fingerprint density at radius 1 is 1.41 bits per heavy atom. The molecule has 2 rings (SSSR count). The highest BCUT2D eigenvalue weighted by molar-refractivity contribution is 14.1. The highest BCUT2D eigenvalue weighted by Crippen LogP contribution is 2.18. The molecular weight excluding hydrogens is 508 g/mol. The second kappa shape index (κ2) is 10.5. The number of ether oxygens (including phenoxy) is 1. The zero-order valence-corrected chi connectivity index (χ0v) is 17.1. The van der Waals surface area contributed by atoms with Gasteiger partial charge >= 0.3 is 0 Å². The maximum atomic E-state index is 9.94. The first-order valence-electron chi connectivity index (χ1n) is 7.28. The third-order valence-electron chi connectivity index (χ3n) is 2.98. The van der Waals surface area contributed by atoms with Crippen molar-refractivity contribution in [3.63, 3.8) is 0 Å². The number of aliphatic imine (C=N–C) groups is 1. The van der Waals surface area contributed by atoms with Crippen molar-refractivity contribution in [3.05, 3.63) is 27.8 Å². The number of hydrogen-bond donors (Lipinski definition) is 3. The number of nitrogens with one attached hydrogen (secondary N) is 2. The number of nitrogens with zero attached hydrogens (tertiary/aromatic N) is 1. The number of hydrogen-bond acceptors (Lipinski definition) is 3. The third kappa shape index (κ3) is 7.82. The number of rotatable bonds is 7. The summed E-state index contributed by atoms with van der Waals surface area (Å²) in [6.07, 6.45) is 1.78. The Kier molecular flexibility index (Phi) is 9.41. The van der Waals surface area contributed by atoms with Gasteiger partial charge in [0.1, 0.15) is 18.5 Å². The van der Waals surface area contributed by atoms with Crippen molar-refractivity contribution in [2.45, 2.75) is 31.9 Å². The zero-order chi connectivity index (χ0) is 15.1. The lowest BCUT2D eigenvalue weighted by Gasteiger charge is -2.13. The van der Waals surface area contributed by atoms with Crippen LogP contribution in [0.5, 0.6) is 5.75 Å². The molecule has 1 aromatic carbocycles. The summed E-state index contributed by atoms with van der Waals surface area (Å²) in [5.41, 5.74) is 0. The zero-order valence-electron chi connectivity index (χ0n) is 12.6. The molecule has 0 aromatic heterocycles. The van der Waals surface area contributed by atoms with Crippen molar-refractivity contribution in [1.29, 1.82) is 0 Å². The Hall–Kier alpha value is -0.290. The van der Waals surface area contributed by atoms with Crippen LogP contribution in [0.3, 0.4) is 0 Å². The van der Waals surface area contributed by atoms with E-state index in [9.17, 15) is 5.11 Å². The third-order valence-corrected chi connectivity index (χ3v) is 3.70. The van der Waals surface area contributed by atoms with Gasteiger partial charge in [0.15, 0.2) is 5.96 Å². The molecule has 1 aliphatic rings. The molecule has 1 unspecified atom stereocenters. The van der Waals surface area contributed by atoms with Crippen LogP contribution in [-0.4, -0.2) is 42.9 Å². The van der Waals surface area contributed by atoms with Gasteiger partial charge in [-0.3, -0.25) is 4.99 Å². The predicted octanol–water partition coefficient (Wildman–Crippen LogP) is 2.37. The summed E-state index contributed by atoms with van der Waals surface area (Å²) in [6, 6.07) is 8.29. The molecule has 22 heavy (non-hydrogen) atoms. The Morgan fingerprint density at radius 3 is 2.68 bits per heavy atom. The molecule has 1 aliphatic carbocycles. The van der Waals surface area contributed by atoms with Crippen molar-refractivity contribution in [2.75, 3.05) is 19.7 Å². The van der Waals surface area contributed by atoms with Gasteiger partial charge in [-0.15, -0.1) is 24.0 Å². The van der Waals surface area contributed by atoms with Gasteiger partial charge in [0.25, 0.3) is 0 Å². The Balaban J connectivity index is 0.00000242. The van der Waals surface area contributed by atoms with Crippen LogP contribution < -0.4 is 15.4 Å². The van der Waals surface area contributed by atoms with Crippen LogP contribution in [0.1, 0.15) is 19.8 Å². The summed E-state index contributed by atoms with van der Waals surface area (Å²) in [6.45, 7) is 3.41. The summed E-state index contributed by atoms with van der Waals surface area (Å²) < 4.78 is 6.70. The molecule has 1 saturated carbocycles. The van der Waals surface area contributed by atoms with Crippen molar-refractivity contribution >= 4 is 52.5 Å². The maximum absolute atomic E-state index is 9.94. The number of halogens is 2. The lowest BCUT2D eigenvalue weighted by molar-refractivity contribution is 0.114. The van der Waals surface area contributed by atoms with Crippen LogP contribution in [0, 0.1) is 3.57 Å². The van der Waals surface area contributed by atoms with Gasteiger partial charge in [0.2, 0.25) is 0 Å². The highest BCUT2D eigenvalue weighted by Gasteiger charge is 2.22. The van der Waals surface area contributed by atoms with E-state index in [1.165, 1.54) is 12.8 Å². The van der Waals surface area contributed by atoms with Gasteiger partial charge in [-0.1, -0.05) is 0 Å². The fourth-order valence-electron chi connectivity index (χ4n) is 1.71. The van der Waals surface area contributed by atoms with Crippen LogP contribution >= 0.6 is 46.6 Å². The minimum Gasteiger partial charge on any atom is -0.491 e. The smallest absolute Gasteiger partial charge is 0.191 e. The average Bonchev–Trinajstić information content (AvgIpc) is 3.28. The summed E-state index contributed by atoms with van der Waals surface area (Å²) in [7, 11) is 0. The van der Waals surface area contributed by atoms with E-state index in [1.54, 1.807) is 0 Å². The van der Waals surface area contributed by atoms with Crippen molar-refractivity contribution in [3.8, 4) is 5.75 Å². The molecule has 0 radical (unpaired) electrons. The van der Waals surface area contributed by atoms with E-state index in [1.807, 2.05) is 31.2 Å². The van der Waals surface area contributed by atoms with Gasteiger partial charge in [-0.05, 0) is 66.6 Å². The number of aliphatic hydroxyl groups excluding tert-OH is 1. The largest absolute Gasteiger partial charge is 0.491 e. The number of guanidine groups is 1. The van der Waals surface area contributed by atoms with E-state index in [4.69, 9.17) is 4.74 Å². The topological polar surface area (TPSA) is 65.9 Å². The summed E-state index contributed by atoms with van der Waals surface area (Å²) in [4.78, 5) is 4.38. The van der Waals surface area contributed by atoms with Gasteiger partial charge in [-0.25, -0.2) is 0 Å². The van der Waals surface area contributed by atoms with E-state index < -0.39 is 6.10 Å². The molecule has 0 saturated heterocycles. The molecular formula is C15H23I2N3O2. The number of benzene rings is 1. The Morgan fingerprint density at radius 2 is 2.09 bits per heavy atom. The van der Waals surface area contributed by atoms with E-state index in [0.717, 1.165) is 21.8 Å². The monoisotopic (exact) mass is 531 g/mol. The first kappa shape index (κ1) is 19.8. The fourth-order valence-corrected chi connectivity index (χ4v) is 2.07. The average molecular weight is 531 g/mol. The van der Waals surface area contributed by atoms with E-state index in [-0.39, 0.29) is 30.6 Å². The summed E-state index contributed by atoms with van der Waals surface area (Å²) in [5.74, 6) is 1.54. The first-order chi connectivity index (χ1) is 10.2. The SMILES string of the molecule is CCNC(=NCC(O)COc1ccc(I)cc1)NC1CC1.I. The van der Waals surface area contributed by atoms with Crippen molar-refractivity contribution in [2.24, 2.45) is 4.99 Å². The van der Waals surface area contributed by atoms with E-state index in [0.29, 0.717) is 12.6 Å². The van der Waals surface area contributed by atoms with Crippen LogP contribution in [0.15, 0.2) is 29.3 Å². The minimum absolute atomic E-state index is 0. The molecule has 5 nitrogen and oxygen atoms in total. The molecule has 0 heterocycles. The lowest BCUT2D eigenvalue weighted by atomic mass is 10.3. The second-order valence-electron chi connectivity index (χ2n) is 5.06. The fraction of sp³-hybridized carbons (Fsp3) is 0.533. The normalized spacial score (nSPS) is 15.7. The molecule has 1 aromatic rings. The van der Waals surface area contributed by atoms with Crippen LogP contribution in [0.2, 0.25) is 0 Å². The lowest BCUT2D eigenvalue weighted by Crippen LogP contribution is -2.39. The molecule has 0 amide bonds. The molecule has 1 fully saturated rings. The second-order valence-corrected chi connectivity index (χ2v) is 6.30. The molecule has 3 N–H and O–H groups in total. The van der Waals surface area contributed by atoms with E-state index >= 15 is 0 Å². The Labute approximate surface area is 162 Å². The minimum atomic E-state index is -0.612. The molecule has 124 valence electrons. The van der Waals surface area contributed by atoms with E-state index in [2.05, 4.69) is 38.2 Å². The molecule has 1 atom stereocenters. The van der Waals surface area contributed by atoms with Crippen molar-refractivity contribution in [1.82, 2.24) is 10.6 Å². The van der Waals surface area contributed by atoms with Gasteiger partial charge in [0, 0.05) is 16.2 Å². The van der Waals surface area contributed by atoms with Gasteiger partial charge in [0.05, 0.1) is 6.54 Å². The van der Waals surface area contributed by atoms with Gasteiger partial charge in [-0.2, -0.15) is 0 Å². The standard InChI is InChI=1S/C15H22IN3O2.HI/c1-2-17-15(19-12-5-6-12)18-9-13(20)10-21-14-7-3-11(16)4-8-14;/h3-4,7-8,12-13,20H,2,5-6,9-10H2,1H3,(H2,17,18,19);1H. The Bertz CT molecular complexity index is 464. The van der Waals surface area contributed by atoms with Crippen LogP contribution in [0.4, 0.5) is 0 Å². The highest BCUT2D eigenvalue weighted by atomic mass is 127. The van der Waals surface area contributed by atoms with Crippen LogP contribution in [-0.2, 0) is 0 Å². The predicted molar refractivity (Wildman–Crippen MR) is 108 cm³/mol. The molecule has 0 spiro atoms. The first-order valence-corrected chi connectivity index (χ1v) is 8.36. The van der Waals surface area contributed by atoms with Crippen LogP contribution in [0.25, 0.3) is 0 Å². The summed E-state index contributed by atoms with van der Waals surface area (Å²) >= 11 is 2.24. The van der Waals surface area contributed by atoms with Gasteiger partial charge < -0.3 is 20.5 Å². The maximum Gasteiger partial charge on any atom is 0.191 e. The number of aliphatic hydroxyl groups is 1. The van der Waals surface area contributed by atoms with Crippen molar-refractivity contribution < 1.29 is 9.84 Å².